The molecule has 0 aliphatic rings. The number of esters is 1. The number of carbonyl (C=O) groups excluding carboxylic acids is 2. The lowest BCUT2D eigenvalue weighted by atomic mass is 10.1. The molecule has 2 aromatic carbocycles. The van der Waals surface area contributed by atoms with Crippen LogP contribution in [0.4, 0.5) is 5.69 Å². The summed E-state index contributed by atoms with van der Waals surface area (Å²) in [5.74, 6) is -0.547. The summed E-state index contributed by atoms with van der Waals surface area (Å²) in [6.45, 7) is 2.08. The Labute approximate surface area is 140 Å². The number of carbonyl (C=O) groups is 2. The predicted octanol–water partition coefficient (Wildman–Crippen LogP) is 2.14. The number of nitrogen functional groups attached to an aromatic ring is 1. The monoisotopic (exact) mass is 328 g/mol. The van der Waals surface area contributed by atoms with Crippen LogP contribution in [0.3, 0.4) is 0 Å². The third kappa shape index (κ3) is 5.01. The molecule has 0 heterocycles. The highest BCUT2D eigenvalue weighted by Crippen LogP contribution is 2.22. The molecule has 0 radical (unpaired) electrons. The first kappa shape index (κ1) is 17.3. The number of rotatable bonds is 7. The lowest BCUT2D eigenvalue weighted by molar-refractivity contribution is -0.141. The number of hydrogen-bond donors (Lipinski definition) is 2. The Balaban J connectivity index is 2.06. The molecule has 0 aliphatic heterocycles. The molecular formula is C18H20N2O4. The molecule has 2 aromatic rings. The van der Waals surface area contributed by atoms with E-state index < -0.39 is 11.9 Å². The molecule has 0 saturated heterocycles. The number of ether oxygens (including phenoxy) is 2. The summed E-state index contributed by atoms with van der Waals surface area (Å²) in [4.78, 5) is 23.6. The van der Waals surface area contributed by atoms with E-state index >= 15 is 0 Å². The minimum Gasteiger partial charge on any atom is -0.488 e. The van der Waals surface area contributed by atoms with Crippen molar-refractivity contribution in [1.29, 1.82) is 0 Å². The van der Waals surface area contributed by atoms with E-state index in [1.54, 1.807) is 19.1 Å². The van der Waals surface area contributed by atoms with Crippen molar-refractivity contribution in [3.8, 4) is 5.75 Å². The number of benzene rings is 2. The lowest BCUT2D eigenvalue weighted by Crippen LogP contribution is -2.31. The van der Waals surface area contributed by atoms with Gasteiger partial charge in [0.1, 0.15) is 18.9 Å². The van der Waals surface area contributed by atoms with Crippen molar-refractivity contribution >= 4 is 17.6 Å². The van der Waals surface area contributed by atoms with Gasteiger partial charge in [-0.05, 0) is 30.7 Å². The molecule has 0 saturated carbocycles. The van der Waals surface area contributed by atoms with E-state index in [4.69, 9.17) is 15.2 Å². The van der Waals surface area contributed by atoms with Crippen molar-refractivity contribution in [2.24, 2.45) is 0 Å². The van der Waals surface area contributed by atoms with Crippen LogP contribution < -0.4 is 15.8 Å². The Kier molecular flexibility index (Phi) is 6.19. The molecule has 0 fully saturated rings. The number of anilines is 1. The van der Waals surface area contributed by atoms with Gasteiger partial charge in [-0.1, -0.05) is 30.3 Å². The highest BCUT2D eigenvalue weighted by Gasteiger charge is 2.15. The lowest BCUT2D eigenvalue weighted by Gasteiger charge is -2.12. The average molecular weight is 328 g/mol. The first-order chi connectivity index (χ1) is 11.6. The SMILES string of the molecule is CCOC(=O)CNC(=O)c1cc(N)ccc1OCc1ccccc1. The van der Waals surface area contributed by atoms with Gasteiger partial charge in [0.25, 0.3) is 5.91 Å². The van der Waals surface area contributed by atoms with Gasteiger partial charge in [-0.25, -0.2) is 0 Å². The highest BCUT2D eigenvalue weighted by atomic mass is 16.5. The first-order valence-electron chi connectivity index (χ1n) is 7.60. The minimum atomic E-state index is -0.499. The summed E-state index contributed by atoms with van der Waals surface area (Å²) in [5, 5.41) is 2.50. The molecule has 0 atom stereocenters. The molecule has 6 nitrogen and oxygen atoms in total. The molecule has 0 bridgehead atoms. The Morgan fingerprint density at radius 3 is 2.58 bits per heavy atom. The maximum Gasteiger partial charge on any atom is 0.325 e. The zero-order valence-corrected chi connectivity index (χ0v) is 13.5. The van der Waals surface area contributed by atoms with Gasteiger partial charge in [-0.15, -0.1) is 0 Å². The molecule has 0 aliphatic carbocycles. The molecule has 3 N–H and O–H groups in total. The highest BCUT2D eigenvalue weighted by molar-refractivity contribution is 5.99. The number of amides is 1. The van der Waals surface area contributed by atoms with E-state index in [-0.39, 0.29) is 18.7 Å². The molecular weight excluding hydrogens is 308 g/mol. The summed E-state index contributed by atoms with van der Waals surface area (Å²) in [6.07, 6.45) is 0. The average Bonchev–Trinajstić information content (AvgIpc) is 2.59. The quantitative estimate of drug-likeness (QED) is 0.600. The predicted molar refractivity (Wildman–Crippen MR) is 90.6 cm³/mol. The molecule has 6 heteroatoms. The third-order valence-electron chi connectivity index (χ3n) is 3.18. The van der Waals surface area contributed by atoms with Gasteiger partial charge >= 0.3 is 5.97 Å². The number of nitrogens with two attached hydrogens (primary N) is 1. The van der Waals surface area contributed by atoms with Crippen molar-refractivity contribution < 1.29 is 19.1 Å². The van der Waals surface area contributed by atoms with E-state index in [9.17, 15) is 9.59 Å². The third-order valence-corrected chi connectivity index (χ3v) is 3.18. The normalized spacial score (nSPS) is 10.0. The summed E-state index contributed by atoms with van der Waals surface area (Å²) >= 11 is 0. The second-order valence-electron chi connectivity index (χ2n) is 5.02. The zero-order valence-electron chi connectivity index (χ0n) is 13.5. The molecule has 126 valence electrons. The Morgan fingerprint density at radius 1 is 1.12 bits per heavy atom. The Bertz CT molecular complexity index is 701. The van der Waals surface area contributed by atoms with Crippen LogP contribution in [-0.4, -0.2) is 25.0 Å². The van der Waals surface area contributed by atoms with Gasteiger partial charge in [0, 0.05) is 5.69 Å². The van der Waals surface area contributed by atoms with E-state index in [2.05, 4.69) is 5.32 Å². The van der Waals surface area contributed by atoms with Crippen LogP contribution in [0.15, 0.2) is 48.5 Å². The topological polar surface area (TPSA) is 90.7 Å². The van der Waals surface area contributed by atoms with E-state index in [1.165, 1.54) is 6.07 Å². The maximum absolute atomic E-state index is 12.3. The second kappa shape index (κ2) is 8.57. The fourth-order valence-corrected chi connectivity index (χ4v) is 2.05. The van der Waals surface area contributed by atoms with Crippen molar-refractivity contribution in [3.63, 3.8) is 0 Å². The van der Waals surface area contributed by atoms with Gasteiger partial charge in [-0.3, -0.25) is 9.59 Å². The van der Waals surface area contributed by atoms with Gasteiger partial charge in [-0.2, -0.15) is 0 Å². The van der Waals surface area contributed by atoms with Crippen molar-refractivity contribution in [3.05, 3.63) is 59.7 Å². The van der Waals surface area contributed by atoms with Crippen LogP contribution in [0, 0.1) is 0 Å². The van der Waals surface area contributed by atoms with Crippen molar-refractivity contribution in [1.82, 2.24) is 5.32 Å². The van der Waals surface area contributed by atoms with Gasteiger partial charge in [0.2, 0.25) is 0 Å². The van der Waals surface area contributed by atoms with E-state index in [0.29, 0.717) is 18.0 Å². The van der Waals surface area contributed by atoms with E-state index in [0.717, 1.165) is 5.56 Å². The molecule has 24 heavy (non-hydrogen) atoms. The van der Waals surface area contributed by atoms with Gasteiger partial charge in [0.15, 0.2) is 0 Å². The zero-order chi connectivity index (χ0) is 17.4. The first-order valence-corrected chi connectivity index (χ1v) is 7.60. The van der Waals surface area contributed by atoms with Crippen LogP contribution in [0.2, 0.25) is 0 Å². The van der Waals surface area contributed by atoms with Crippen molar-refractivity contribution in [2.45, 2.75) is 13.5 Å². The van der Waals surface area contributed by atoms with E-state index in [1.807, 2.05) is 30.3 Å². The fraction of sp³-hybridized carbons (Fsp3) is 0.222. The molecule has 0 spiro atoms. The van der Waals surface area contributed by atoms with Crippen LogP contribution in [0.25, 0.3) is 0 Å². The summed E-state index contributed by atoms with van der Waals surface area (Å²) in [5.41, 5.74) is 7.43. The smallest absolute Gasteiger partial charge is 0.325 e. The largest absolute Gasteiger partial charge is 0.488 e. The molecule has 0 unspecified atom stereocenters. The van der Waals surface area contributed by atoms with Gasteiger partial charge < -0.3 is 20.5 Å². The molecule has 1 amide bonds. The van der Waals surface area contributed by atoms with Crippen LogP contribution >= 0.6 is 0 Å². The standard InChI is InChI=1S/C18H20N2O4/c1-2-23-17(21)11-20-18(22)15-10-14(19)8-9-16(15)24-12-13-6-4-3-5-7-13/h3-10H,2,11-12,19H2,1H3,(H,20,22). The number of hydrogen-bond acceptors (Lipinski definition) is 5. The van der Waals surface area contributed by atoms with Gasteiger partial charge in [0.05, 0.1) is 12.2 Å². The summed E-state index contributed by atoms with van der Waals surface area (Å²) < 4.78 is 10.5. The maximum atomic E-state index is 12.3. The molecule has 2 rings (SSSR count). The minimum absolute atomic E-state index is 0.209. The van der Waals surface area contributed by atoms with Crippen molar-refractivity contribution in [2.75, 3.05) is 18.9 Å². The molecule has 0 aromatic heterocycles. The van der Waals surface area contributed by atoms with Crippen LogP contribution in [0.5, 0.6) is 5.75 Å². The summed E-state index contributed by atoms with van der Waals surface area (Å²) in [7, 11) is 0. The number of nitrogens with one attached hydrogen (secondary N) is 1. The Hall–Kier alpha value is -3.02. The Morgan fingerprint density at radius 2 is 1.88 bits per heavy atom. The second-order valence-corrected chi connectivity index (χ2v) is 5.02. The fourth-order valence-electron chi connectivity index (χ4n) is 2.05. The van der Waals surface area contributed by atoms with Crippen LogP contribution in [0.1, 0.15) is 22.8 Å². The van der Waals surface area contributed by atoms with Crippen LogP contribution in [-0.2, 0) is 16.1 Å². The summed E-state index contributed by atoms with van der Waals surface area (Å²) in [6, 6.07) is 14.4.